The van der Waals surface area contributed by atoms with Crippen LogP contribution in [0.2, 0.25) is 5.02 Å². The number of carbonyl (C=O) groups excluding carboxylic acids is 1. The van der Waals surface area contributed by atoms with Crippen LogP contribution in [0, 0.1) is 14.9 Å². The van der Waals surface area contributed by atoms with E-state index in [0.29, 0.717) is 10.6 Å². The number of benzene rings is 1. The molecule has 3 nitrogen and oxygen atoms in total. The van der Waals surface area contributed by atoms with Crippen molar-refractivity contribution in [2.75, 3.05) is 6.54 Å². The molecule has 1 amide bonds. The second-order valence-corrected chi connectivity index (χ2v) is 5.41. The number of halogens is 2. The number of nitrogens with zero attached hydrogens (tertiary/aromatic N) is 2. The normalized spacial score (nSPS) is 10.1. The van der Waals surface area contributed by atoms with Crippen LogP contribution in [0.5, 0.6) is 0 Å². The first-order valence-electron chi connectivity index (χ1n) is 5.10. The van der Waals surface area contributed by atoms with Crippen molar-refractivity contribution in [2.45, 2.75) is 19.9 Å². The van der Waals surface area contributed by atoms with Crippen molar-refractivity contribution in [3.05, 3.63) is 32.4 Å². The molecule has 1 aromatic rings. The molecule has 0 aromatic heterocycles. The molecule has 0 aliphatic heterocycles. The second kappa shape index (κ2) is 6.22. The van der Waals surface area contributed by atoms with Gasteiger partial charge < -0.3 is 4.90 Å². The minimum Gasteiger partial charge on any atom is -0.323 e. The number of hydrogen-bond donors (Lipinski definition) is 0. The molecule has 90 valence electrons. The van der Waals surface area contributed by atoms with E-state index in [-0.39, 0.29) is 18.5 Å². The van der Waals surface area contributed by atoms with E-state index in [4.69, 9.17) is 16.9 Å². The molecule has 1 rings (SSSR count). The van der Waals surface area contributed by atoms with Crippen molar-refractivity contribution >= 4 is 40.1 Å². The third-order valence-corrected chi connectivity index (χ3v) is 3.46. The molecule has 0 N–H and O–H groups in total. The third-order valence-electron chi connectivity index (χ3n) is 2.28. The summed E-state index contributed by atoms with van der Waals surface area (Å²) < 4.78 is 0.834. The standard InChI is InChI=1S/C12H12ClIN2O/c1-8(2)16(6-5-15)12(17)10-7-9(13)3-4-11(10)14/h3-4,7-8H,6H2,1-2H3. The number of carbonyl (C=O) groups is 1. The molecule has 0 saturated carbocycles. The highest BCUT2D eigenvalue weighted by molar-refractivity contribution is 14.1. The van der Waals surface area contributed by atoms with Crippen molar-refractivity contribution in [3.8, 4) is 6.07 Å². The molecule has 0 spiro atoms. The average molecular weight is 363 g/mol. The summed E-state index contributed by atoms with van der Waals surface area (Å²) in [4.78, 5) is 13.8. The van der Waals surface area contributed by atoms with E-state index in [2.05, 4.69) is 22.6 Å². The van der Waals surface area contributed by atoms with Crippen LogP contribution in [0.1, 0.15) is 24.2 Å². The number of rotatable bonds is 3. The quantitative estimate of drug-likeness (QED) is 0.611. The molecule has 0 bridgehead atoms. The molecule has 1 aromatic carbocycles. The lowest BCUT2D eigenvalue weighted by Crippen LogP contribution is -2.37. The Morgan fingerprint density at radius 3 is 2.76 bits per heavy atom. The summed E-state index contributed by atoms with van der Waals surface area (Å²) in [6.45, 7) is 3.85. The minimum absolute atomic E-state index is 0.0167. The molecule has 0 aliphatic rings. The molecule has 0 radical (unpaired) electrons. The summed E-state index contributed by atoms with van der Waals surface area (Å²) >= 11 is 7.97. The van der Waals surface area contributed by atoms with Gasteiger partial charge in [0, 0.05) is 14.6 Å². The lowest BCUT2D eigenvalue weighted by Gasteiger charge is -2.24. The van der Waals surface area contributed by atoms with E-state index < -0.39 is 0 Å². The van der Waals surface area contributed by atoms with Gasteiger partial charge in [-0.05, 0) is 54.6 Å². The minimum atomic E-state index is -0.159. The van der Waals surface area contributed by atoms with E-state index in [1.807, 2.05) is 19.9 Å². The first-order chi connectivity index (χ1) is 7.97. The third kappa shape index (κ3) is 3.58. The van der Waals surface area contributed by atoms with Crippen LogP contribution in [-0.2, 0) is 0 Å². The maximum absolute atomic E-state index is 12.3. The van der Waals surface area contributed by atoms with E-state index >= 15 is 0 Å². The Labute approximate surface area is 120 Å². The molecule has 0 unspecified atom stereocenters. The first kappa shape index (κ1) is 14.3. The SMILES string of the molecule is CC(C)N(CC#N)C(=O)c1cc(Cl)ccc1I. The predicted molar refractivity (Wildman–Crippen MR) is 76.0 cm³/mol. The molecule has 0 fully saturated rings. The molecule has 0 saturated heterocycles. The molecule has 0 heterocycles. The van der Waals surface area contributed by atoms with Gasteiger partial charge in [-0.2, -0.15) is 5.26 Å². The van der Waals surface area contributed by atoms with Crippen LogP contribution in [0.4, 0.5) is 0 Å². The molecule has 0 atom stereocenters. The fourth-order valence-electron chi connectivity index (χ4n) is 1.38. The van der Waals surface area contributed by atoms with Crippen molar-refractivity contribution < 1.29 is 4.79 Å². The monoisotopic (exact) mass is 362 g/mol. The van der Waals surface area contributed by atoms with Crippen molar-refractivity contribution in [1.29, 1.82) is 5.26 Å². The highest BCUT2D eigenvalue weighted by Gasteiger charge is 2.20. The maximum Gasteiger partial charge on any atom is 0.256 e. The van der Waals surface area contributed by atoms with Crippen LogP contribution in [0.15, 0.2) is 18.2 Å². The summed E-state index contributed by atoms with van der Waals surface area (Å²) in [5, 5.41) is 9.26. The van der Waals surface area contributed by atoms with Gasteiger partial charge >= 0.3 is 0 Å². The van der Waals surface area contributed by atoms with E-state index in [1.165, 1.54) is 4.90 Å². The van der Waals surface area contributed by atoms with Crippen LogP contribution in [-0.4, -0.2) is 23.4 Å². The van der Waals surface area contributed by atoms with Gasteiger partial charge in [-0.15, -0.1) is 0 Å². The smallest absolute Gasteiger partial charge is 0.256 e. The summed E-state index contributed by atoms with van der Waals surface area (Å²) in [6, 6.07) is 7.16. The van der Waals surface area contributed by atoms with Crippen LogP contribution >= 0.6 is 34.2 Å². The van der Waals surface area contributed by atoms with Gasteiger partial charge in [-0.25, -0.2) is 0 Å². The van der Waals surface area contributed by atoms with Crippen molar-refractivity contribution in [2.24, 2.45) is 0 Å². The number of hydrogen-bond acceptors (Lipinski definition) is 2. The topological polar surface area (TPSA) is 44.1 Å². The van der Waals surface area contributed by atoms with Gasteiger partial charge in [0.25, 0.3) is 5.91 Å². The Hall–Kier alpha value is -0.800. The Bertz CT molecular complexity index is 468. The van der Waals surface area contributed by atoms with Gasteiger partial charge in [-0.1, -0.05) is 11.6 Å². The van der Waals surface area contributed by atoms with Gasteiger partial charge in [0.2, 0.25) is 0 Å². The maximum atomic E-state index is 12.3. The van der Waals surface area contributed by atoms with E-state index in [1.54, 1.807) is 18.2 Å². The fraction of sp³-hybridized carbons (Fsp3) is 0.333. The van der Waals surface area contributed by atoms with Crippen LogP contribution in [0.25, 0.3) is 0 Å². The predicted octanol–water partition coefficient (Wildman–Crippen LogP) is 3.32. The molecule has 0 aliphatic carbocycles. The van der Waals surface area contributed by atoms with Gasteiger partial charge in [0.05, 0.1) is 11.6 Å². The summed E-state index contributed by atoms with van der Waals surface area (Å²) in [5.74, 6) is -0.159. The molecule has 17 heavy (non-hydrogen) atoms. The molecule has 5 heteroatoms. The first-order valence-corrected chi connectivity index (χ1v) is 6.56. The van der Waals surface area contributed by atoms with Crippen LogP contribution in [0.3, 0.4) is 0 Å². The zero-order valence-electron chi connectivity index (χ0n) is 9.58. The lowest BCUT2D eigenvalue weighted by molar-refractivity contribution is 0.0730. The number of nitriles is 1. The van der Waals surface area contributed by atoms with Gasteiger partial charge in [0.1, 0.15) is 6.54 Å². The number of amides is 1. The summed E-state index contributed by atoms with van der Waals surface area (Å²) in [6.07, 6.45) is 0. The van der Waals surface area contributed by atoms with Crippen molar-refractivity contribution in [1.82, 2.24) is 4.90 Å². The average Bonchev–Trinajstić information content (AvgIpc) is 2.28. The van der Waals surface area contributed by atoms with Gasteiger partial charge in [-0.3, -0.25) is 4.79 Å². The largest absolute Gasteiger partial charge is 0.323 e. The Kier molecular flexibility index (Phi) is 5.22. The highest BCUT2D eigenvalue weighted by Crippen LogP contribution is 2.20. The zero-order chi connectivity index (χ0) is 13.0. The molecular weight excluding hydrogens is 351 g/mol. The molecular formula is C12H12ClIN2O. The Morgan fingerprint density at radius 1 is 1.59 bits per heavy atom. The highest BCUT2D eigenvalue weighted by atomic mass is 127. The van der Waals surface area contributed by atoms with Crippen LogP contribution < -0.4 is 0 Å². The lowest BCUT2D eigenvalue weighted by atomic mass is 10.1. The Balaban J connectivity index is 3.10. The second-order valence-electron chi connectivity index (χ2n) is 3.81. The summed E-state index contributed by atoms with van der Waals surface area (Å²) in [5.41, 5.74) is 0.544. The Morgan fingerprint density at radius 2 is 2.24 bits per heavy atom. The van der Waals surface area contributed by atoms with E-state index in [9.17, 15) is 4.79 Å². The zero-order valence-corrected chi connectivity index (χ0v) is 12.5. The van der Waals surface area contributed by atoms with E-state index in [0.717, 1.165) is 3.57 Å². The summed E-state index contributed by atoms with van der Waals surface area (Å²) in [7, 11) is 0. The van der Waals surface area contributed by atoms with Gasteiger partial charge in [0.15, 0.2) is 0 Å². The van der Waals surface area contributed by atoms with Crippen molar-refractivity contribution in [3.63, 3.8) is 0 Å². The fourth-order valence-corrected chi connectivity index (χ4v) is 2.12.